The molecule has 0 unspecified atom stereocenters. The van der Waals surface area contributed by atoms with Crippen LogP contribution in [-0.4, -0.2) is 92.9 Å². The highest BCUT2D eigenvalue weighted by Crippen LogP contribution is 2.36. The van der Waals surface area contributed by atoms with E-state index >= 15 is 0 Å². The lowest BCUT2D eigenvalue weighted by Crippen LogP contribution is -2.40. The summed E-state index contributed by atoms with van der Waals surface area (Å²) in [5.74, 6) is -0.773. The number of rotatable bonds is 11. The highest BCUT2D eigenvalue weighted by atomic mass is 32.2. The fourth-order valence-corrected chi connectivity index (χ4v) is 9.26. The van der Waals surface area contributed by atoms with Crippen molar-refractivity contribution in [3.63, 3.8) is 0 Å². The quantitative estimate of drug-likeness (QED) is 0.164. The fraction of sp³-hybridized carbons (Fsp3) is 0.297. The van der Waals surface area contributed by atoms with Crippen molar-refractivity contribution in [2.24, 2.45) is 0 Å². The molecule has 7 rings (SSSR count). The molecule has 3 aromatic carbocycles. The van der Waals surface area contributed by atoms with Crippen LogP contribution in [0, 0.1) is 0 Å². The third-order valence-corrected chi connectivity index (χ3v) is 12.7. The van der Waals surface area contributed by atoms with Gasteiger partial charge in [-0.05, 0) is 66.6 Å². The Bertz CT molecular complexity index is 2130. The van der Waals surface area contributed by atoms with Gasteiger partial charge in [-0.15, -0.1) is 0 Å². The zero-order chi connectivity index (χ0) is 36.1. The second-order valence-corrected chi connectivity index (χ2v) is 16.0. The number of fused-ring (bicyclic) bond motifs is 1. The lowest BCUT2D eigenvalue weighted by molar-refractivity contribution is -0.113. The largest absolute Gasteiger partial charge is 0.379 e. The van der Waals surface area contributed by atoms with Crippen LogP contribution >= 0.6 is 23.1 Å². The number of thiazole rings is 1. The maximum absolute atomic E-state index is 14.5. The standard InChI is InChI=1S/C37H38N6O6S3/c1-2-26-9-11-27(12-10-26)43(37-40-30-7-3-4-8-33(30)51-37)36(45)29-6-5-15-38-35(29)50-25-34(44)39-31-24-28(52(46,47)42-18-22-49-23-19-42)13-14-32(31)41-16-20-48-21-17-41/h3-15,24H,2,16-23,25H2,1H3,(H,39,44). The summed E-state index contributed by atoms with van der Waals surface area (Å²) >= 11 is 2.56. The molecule has 1 N–H and O–H groups in total. The summed E-state index contributed by atoms with van der Waals surface area (Å²) in [5.41, 5.74) is 4.02. The van der Waals surface area contributed by atoms with Gasteiger partial charge in [-0.25, -0.2) is 18.4 Å². The van der Waals surface area contributed by atoms with Crippen LogP contribution in [-0.2, 0) is 30.7 Å². The highest BCUT2D eigenvalue weighted by Gasteiger charge is 2.29. The first-order chi connectivity index (χ1) is 25.3. The molecule has 0 bridgehead atoms. The van der Waals surface area contributed by atoms with Gasteiger partial charge in [0.25, 0.3) is 5.91 Å². The van der Waals surface area contributed by atoms with E-state index in [1.165, 1.54) is 21.7 Å². The second-order valence-electron chi connectivity index (χ2n) is 12.1. The first-order valence-corrected chi connectivity index (χ1v) is 20.3. The van der Waals surface area contributed by atoms with Gasteiger partial charge in [-0.1, -0.05) is 54.3 Å². The molecule has 12 nitrogen and oxygen atoms in total. The summed E-state index contributed by atoms with van der Waals surface area (Å²) in [6, 6.07) is 23.8. The molecule has 2 aromatic heterocycles. The number of nitrogens with zero attached hydrogens (tertiary/aromatic N) is 5. The van der Waals surface area contributed by atoms with Crippen molar-refractivity contribution in [1.82, 2.24) is 14.3 Å². The minimum atomic E-state index is -3.81. The van der Waals surface area contributed by atoms with Crippen LogP contribution < -0.4 is 15.1 Å². The molecule has 2 aliphatic rings. The minimum absolute atomic E-state index is 0.0768. The Morgan fingerprint density at radius 2 is 1.65 bits per heavy atom. The molecule has 4 heterocycles. The van der Waals surface area contributed by atoms with Crippen molar-refractivity contribution in [1.29, 1.82) is 0 Å². The number of pyridine rings is 1. The molecule has 52 heavy (non-hydrogen) atoms. The number of hydrogen-bond donors (Lipinski definition) is 1. The van der Waals surface area contributed by atoms with E-state index in [0.717, 1.165) is 34.0 Å². The molecule has 0 aliphatic carbocycles. The molecule has 270 valence electrons. The fourth-order valence-electron chi connectivity index (χ4n) is 6.05. The number of thioether (sulfide) groups is 1. The number of hydrogen-bond acceptors (Lipinski definition) is 11. The van der Waals surface area contributed by atoms with Gasteiger partial charge in [-0.2, -0.15) is 4.31 Å². The third kappa shape index (κ3) is 7.84. The van der Waals surface area contributed by atoms with Crippen LogP contribution in [0.2, 0.25) is 0 Å². The second kappa shape index (κ2) is 16.1. The lowest BCUT2D eigenvalue weighted by Gasteiger charge is -2.31. The van der Waals surface area contributed by atoms with E-state index in [0.29, 0.717) is 72.3 Å². The Morgan fingerprint density at radius 3 is 2.38 bits per heavy atom. The molecule has 0 saturated carbocycles. The van der Waals surface area contributed by atoms with E-state index in [1.807, 2.05) is 48.5 Å². The van der Waals surface area contributed by atoms with Gasteiger partial charge in [0.1, 0.15) is 5.03 Å². The van der Waals surface area contributed by atoms with Gasteiger partial charge in [0.05, 0.1) is 69.9 Å². The number of nitrogens with one attached hydrogen (secondary N) is 1. The van der Waals surface area contributed by atoms with Gasteiger partial charge in [0, 0.05) is 32.4 Å². The molecular formula is C37H38N6O6S3. The predicted octanol–water partition coefficient (Wildman–Crippen LogP) is 5.82. The van der Waals surface area contributed by atoms with E-state index in [2.05, 4.69) is 22.1 Å². The van der Waals surface area contributed by atoms with Crippen LogP contribution in [0.1, 0.15) is 22.8 Å². The molecule has 2 aliphatic heterocycles. The SMILES string of the molecule is CCc1ccc(N(C(=O)c2cccnc2SCC(=O)Nc2cc(S(=O)(=O)N3CCOCC3)ccc2N2CCOCC2)c2nc3ccccc3s2)cc1. The van der Waals surface area contributed by atoms with E-state index in [-0.39, 0.29) is 35.6 Å². The Labute approximate surface area is 310 Å². The van der Waals surface area contributed by atoms with Gasteiger partial charge in [0.15, 0.2) is 5.13 Å². The number of para-hydroxylation sites is 1. The van der Waals surface area contributed by atoms with Crippen LogP contribution in [0.15, 0.2) is 95.0 Å². The smallest absolute Gasteiger partial charge is 0.267 e. The summed E-state index contributed by atoms with van der Waals surface area (Å²) in [4.78, 5) is 41.2. The van der Waals surface area contributed by atoms with Gasteiger partial charge < -0.3 is 19.7 Å². The minimum Gasteiger partial charge on any atom is -0.379 e. The van der Waals surface area contributed by atoms with Crippen LogP contribution in [0.5, 0.6) is 0 Å². The summed E-state index contributed by atoms with van der Waals surface area (Å²) in [5, 5.41) is 3.87. The number of anilines is 4. The average molecular weight is 759 g/mol. The highest BCUT2D eigenvalue weighted by molar-refractivity contribution is 8.00. The number of amides is 2. The van der Waals surface area contributed by atoms with Crippen LogP contribution in [0.25, 0.3) is 10.2 Å². The number of benzene rings is 3. The molecule has 2 saturated heterocycles. The molecule has 2 amide bonds. The average Bonchev–Trinajstić information content (AvgIpc) is 3.62. The zero-order valence-electron chi connectivity index (χ0n) is 28.6. The van der Waals surface area contributed by atoms with Crippen molar-refractivity contribution in [2.45, 2.75) is 23.3 Å². The summed E-state index contributed by atoms with van der Waals surface area (Å²) < 4.78 is 40.3. The molecule has 2 fully saturated rings. The number of morpholine rings is 2. The Balaban J connectivity index is 1.14. The van der Waals surface area contributed by atoms with Crippen molar-refractivity contribution in [3.05, 3.63) is 96.2 Å². The third-order valence-electron chi connectivity index (χ3n) is 8.82. The number of aryl methyl sites for hydroxylation is 1. The monoisotopic (exact) mass is 758 g/mol. The van der Waals surface area contributed by atoms with E-state index in [4.69, 9.17) is 14.5 Å². The topological polar surface area (TPSA) is 134 Å². The number of carbonyl (C=O) groups is 2. The molecule has 0 atom stereocenters. The number of aromatic nitrogens is 2. The molecule has 5 aromatic rings. The van der Waals surface area contributed by atoms with Crippen LogP contribution in [0.4, 0.5) is 22.2 Å². The van der Waals surface area contributed by atoms with Gasteiger partial charge >= 0.3 is 0 Å². The summed E-state index contributed by atoms with van der Waals surface area (Å²) in [6.07, 6.45) is 2.45. The maximum Gasteiger partial charge on any atom is 0.267 e. The van der Waals surface area contributed by atoms with Crippen molar-refractivity contribution in [3.8, 4) is 0 Å². The van der Waals surface area contributed by atoms with E-state index < -0.39 is 10.0 Å². The summed E-state index contributed by atoms with van der Waals surface area (Å²) in [7, 11) is -3.81. The molecule has 15 heteroatoms. The van der Waals surface area contributed by atoms with E-state index in [9.17, 15) is 18.0 Å². The van der Waals surface area contributed by atoms with E-state index in [1.54, 1.807) is 35.4 Å². The molecule has 0 spiro atoms. The van der Waals surface area contributed by atoms with Crippen molar-refractivity contribution < 1.29 is 27.5 Å². The van der Waals surface area contributed by atoms with Gasteiger partial charge in [-0.3, -0.25) is 14.5 Å². The Morgan fingerprint density at radius 1 is 0.923 bits per heavy atom. The zero-order valence-corrected chi connectivity index (χ0v) is 31.0. The van der Waals surface area contributed by atoms with Crippen molar-refractivity contribution >= 4 is 77.3 Å². The Kier molecular flexibility index (Phi) is 11.1. The number of carbonyl (C=O) groups excluding carboxylic acids is 2. The van der Waals surface area contributed by atoms with Gasteiger partial charge in [0.2, 0.25) is 15.9 Å². The predicted molar refractivity (Wildman–Crippen MR) is 205 cm³/mol. The molecular weight excluding hydrogens is 721 g/mol. The summed E-state index contributed by atoms with van der Waals surface area (Å²) in [6.45, 7) is 5.48. The Hall–Kier alpha value is -4.38. The first-order valence-electron chi connectivity index (χ1n) is 17.0. The maximum atomic E-state index is 14.5. The molecule has 0 radical (unpaired) electrons. The normalized spacial score (nSPS) is 15.4. The lowest BCUT2D eigenvalue weighted by atomic mass is 10.1. The number of ether oxygens (including phenoxy) is 2. The first kappa shape index (κ1) is 36.0. The number of sulfonamides is 1. The van der Waals surface area contributed by atoms with Crippen molar-refractivity contribution in [2.75, 3.05) is 73.5 Å². The van der Waals surface area contributed by atoms with Crippen LogP contribution in [0.3, 0.4) is 0 Å².